The van der Waals surface area contributed by atoms with E-state index in [1.165, 1.54) is 12.1 Å². The molecular weight excluding hydrogens is 301 g/mol. The van der Waals surface area contributed by atoms with E-state index in [0.29, 0.717) is 16.1 Å². The van der Waals surface area contributed by atoms with Gasteiger partial charge in [0.1, 0.15) is 5.75 Å². The highest BCUT2D eigenvalue weighted by Crippen LogP contribution is 2.37. The smallest absolute Gasteiger partial charge is 0.429 e. The van der Waals surface area contributed by atoms with Gasteiger partial charge in [-0.25, -0.2) is 0 Å². The van der Waals surface area contributed by atoms with Crippen LogP contribution >= 0.6 is 11.6 Å². The fraction of sp³-hybridized carbons (Fsp3) is 0.375. The average Bonchev–Trinajstić information content (AvgIpc) is 2.33. The van der Waals surface area contributed by atoms with Gasteiger partial charge in [-0.2, -0.15) is 13.2 Å². The standard InChI is InChI=1S/C16H14ClF3O/c1-15(2,3)7-6-11-9-12(17)8-10-4-5-13(16(18,19)20)21-14(10)11/h4-5,8-9,13H,1-3H3. The monoisotopic (exact) mass is 314 g/mol. The van der Waals surface area contributed by atoms with Gasteiger partial charge in [-0.15, -0.1) is 0 Å². The Labute approximate surface area is 126 Å². The second kappa shape index (κ2) is 5.31. The maximum absolute atomic E-state index is 12.8. The molecule has 1 aliphatic heterocycles. The van der Waals surface area contributed by atoms with Crippen LogP contribution in [0.5, 0.6) is 5.75 Å². The van der Waals surface area contributed by atoms with Crippen molar-refractivity contribution < 1.29 is 17.9 Å². The molecule has 0 saturated carbocycles. The number of ether oxygens (including phenoxy) is 1. The molecule has 1 aromatic carbocycles. The normalized spacial score (nSPS) is 17.6. The summed E-state index contributed by atoms with van der Waals surface area (Å²) in [6.45, 7) is 5.74. The second-order valence-corrected chi connectivity index (χ2v) is 6.25. The zero-order valence-electron chi connectivity index (χ0n) is 11.8. The summed E-state index contributed by atoms with van der Waals surface area (Å²) in [5.41, 5.74) is 0.593. The minimum absolute atomic E-state index is 0.126. The van der Waals surface area contributed by atoms with Gasteiger partial charge in [0.25, 0.3) is 0 Å². The highest BCUT2D eigenvalue weighted by Gasteiger charge is 2.41. The average molecular weight is 315 g/mol. The van der Waals surface area contributed by atoms with Gasteiger partial charge in [0.05, 0.1) is 5.56 Å². The molecule has 1 aliphatic rings. The van der Waals surface area contributed by atoms with Crippen molar-refractivity contribution in [3.63, 3.8) is 0 Å². The van der Waals surface area contributed by atoms with Crippen LogP contribution in [0.1, 0.15) is 31.9 Å². The number of hydrogen-bond acceptors (Lipinski definition) is 1. The van der Waals surface area contributed by atoms with Crippen LogP contribution in [0.15, 0.2) is 18.2 Å². The predicted octanol–water partition coefficient (Wildman–Crippen LogP) is 5.07. The Hall–Kier alpha value is -1.60. The quantitative estimate of drug-likeness (QED) is 0.607. The van der Waals surface area contributed by atoms with Crippen molar-refractivity contribution in [2.45, 2.75) is 33.1 Å². The van der Waals surface area contributed by atoms with Crippen LogP contribution in [0, 0.1) is 17.3 Å². The van der Waals surface area contributed by atoms with E-state index in [1.807, 2.05) is 20.8 Å². The molecule has 0 spiro atoms. The van der Waals surface area contributed by atoms with Crippen LogP contribution in [0.4, 0.5) is 13.2 Å². The zero-order valence-corrected chi connectivity index (χ0v) is 12.6. The molecule has 0 N–H and O–H groups in total. The first kappa shape index (κ1) is 15.8. The van der Waals surface area contributed by atoms with Crippen molar-refractivity contribution in [1.82, 2.24) is 0 Å². The summed E-state index contributed by atoms with van der Waals surface area (Å²) in [6.07, 6.45) is -4.07. The molecule has 1 atom stereocenters. The van der Waals surface area contributed by atoms with Crippen molar-refractivity contribution >= 4 is 17.7 Å². The molecule has 0 radical (unpaired) electrons. The fourth-order valence-corrected chi connectivity index (χ4v) is 1.98. The van der Waals surface area contributed by atoms with E-state index in [1.54, 1.807) is 6.07 Å². The van der Waals surface area contributed by atoms with Crippen molar-refractivity contribution in [3.8, 4) is 17.6 Å². The fourth-order valence-electron chi connectivity index (χ4n) is 1.75. The third-order valence-electron chi connectivity index (χ3n) is 2.67. The number of alkyl halides is 3. The molecule has 5 heteroatoms. The Bertz CT molecular complexity index is 642. The van der Waals surface area contributed by atoms with Crippen LogP contribution in [-0.2, 0) is 0 Å². The number of benzene rings is 1. The molecular formula is C16H14ClF3O. The summed E-state index contributed by atoms with van der Waals surface area (Å²) < 4.78 is 43.4. The number of rotatable bonds is 0. The Morgan fingerprint density at radius 2 is 1.86 bits per heavy atom. The highest BCUT2D eigenvalue weighted by atomic mass is 35.5. The van der Waals surface area contributed by atoms with E-state index in [2.05, 4.69) is 11.8 Å². The first-order valence-electron chi connectivity index (χ1n) is 6.34. The molecule has 0 bridgehead atoms. The maximum atomic E-state index is 12.8. The van der Waals surface area contributed by atoms with E-state index in [9.17, 15) is 13.2 Å². The number of halogens is 4. The molecule has 0 saturated heterocycles. The van der Waals surface area contributed by atoms with Crippen LogP contribution in [0.3, 0.4) is 0 Å². The van der Waals surface area contributed by atoms with Gasteiger partial charge < -0.3 is 4.74 Å². The highest BCUT2D eigenvalue weighted by molar-refractivity contribution is 6.31. The van der Waals surface area contributed by atoms with Crippen molar-refractivity contribution in [2.75, 3.05) is 0 Å². The molecule has 21 heavy (non-hydrogen) atoms. The maximum Gasteiger partial charge on any atom is 0.429 e. The zero-order chi connectivity index (χ0) is 15.8. The van der Waals surface area contributed by atoms with E-state index >= 15 is 0 Å². The van der Waals surface area contributed by atoms with Gasteiger partial charge in [-0.1, -0.05) is 29.5 Å². The number of hydrogen-bond donors (Lipinski definition) is 0. The summed E-state index contributed by atoms with van der Waals surface area (Å²) in [4.78, 5) is 0. The molecule has 1 aromatic rings. The van der Waals surface area contributed by atoms with Crippen LogP contribution in [-0.4, -0.2) is 12.3 Å². The Kier molecular flexibility index (Phi) is 3.99. The molecule has 1 unspecified atom stereocenters. The van der Waals surface area contributed by atoms with Crippen LogP contribution in [0.2, 0.25) is 5.02 Å². The first-order chi connectivity index (χ1) is 9.56. The minimum Gasteiger partial charge on any atom is -0.475 e. The summed E-state index contributed by atoms with van der Waals surface area (Å²) in [5.74, 6) is 5.97. The lowest BCUT2D eigenvalue weighted by Gasteiger charge is -2.24. The van der Waals surface area contributed by atoms with E-state index in [4.69, 9.17) is 16.3 Å². The minimum atomic E-state index is -4.46. The SMILES string of the molecule is CC(C)(C)C#Cc1cc(Cl)cc2c1OC(C(F)(F)F)C=C2. The topological polar surface area (TPSA) is 9.23 Å². The molecule has 1 nitrogen and oxygen atoms in total. The molecule has 0 aliphatic carbocycles. The van der Waals surface area contributed by atoms with Gasteiger partial charge in [-0.3, -0.25) is 0 Å². The molecule has 1 heterocycles. The Balaban J connectivity index is 2.48. The van der Waals surface area contributed by atoms with E-state index in [-0.39, 0.29) is 11.2 Å². The Morgan fingerprint density at radius 3 is 2.43 bits per heavy atom. The lowest BCUT2D eigenvalue weighted by molar-refractivity contribution is -0.180. The largest absolute Gasteiger partial charge is 0.475 e. The number of fused-ring (bicyclic) bond motifs is 1. The van der Waals surface area contributed by atoms with Gasteiger partial charge in [-0.05, 0) is 39.0 Å². The van der Waals surface area contributed by atoms with E-state index in [0.717, 1.165) is 6.08 Å². The second-order valence-electron chi connectivity index (χ2n) is 5.81. The van der Waals surface area contributed by atoms with Gasteiger partial charge in [0, 0.05) is 16.0 Å². The molecule has 2 rings (SSSR count). The summed E-state index contributed by atoms with van der Waals surface area (Å²) in [7, 11) is 0. The van der Waals surface area contributed by atoms with Crippen LogP contribution < -0.4 is 4.74 Å². The molecule has 112 valence electrons. The van der Waals surface area contributed by atoms with Crippen molar-refractivity contribution in [3.05, 3.63) is 34.4 Å². The van der Waals surface area contributed by atoms with E-state index < -0.39 is 12.3 Å². The third-order valence-corrected chi connectivity index (χ3v) is 2.89. The summed E-state index contributed by atoms with van der Waals surface area (Å²) in [6, 6.07) is 3.08. The Morgan fingerprint density at radius 1 is 1.19 bits per heavy atom. The molecule has 0 amide bonds. The lowest BCUT2D eigenvalue weighted by Crippen LogP contribution is -2.34. The van der Waals surface area contributed by atoms with Gasteiger partial charge in [0.2, 0.25) is 6.10 Å². The lowest BCUT2D eigenvalue weighted by atomic mass is 9.96. The first-order valence-corrected chi connectivity index (χ1v) is 6.72. The van der Waals surface area contributed by atoms with Crippen molar-refractivity contribution in [1.29, 1.82) is 0 Å². The molecule has 0 fully saturated rings. The van der Waals surface area contributed by atoms with Crippen molar-refractivity contribution in [2.24, 2.45) is 5.41 Å². The predicted molar refractivity (Wildman–Crippen MR) is 77.3 cm³/mol. The molecule has 0 aromatic heterocycles. The summed E-state index contributed by atoms with van der Waals surface area (Å²) >= 11 is 5.98. The van der Waals surface area contributed by atoms with Gasteiger partial charge in [0.15, 0.2) is 0 Å². The summed E-state index contributed by atoms with van der Waals surface area (Å²) in [5, 5.41) is 0.408. The van der Waals surface area contributed by atoms with Crippen LogP contribution in [0.25, 0.3) is 6.08 Å². The third kappa shape index (κ3) is 3.95. The van der Waals surface area contributed by atoms with Gasteiger partial charge >= 0.3 is 6.18 Å².